The molecule has 96 valence electrons. The van der Waals surface area contributed by atoms with E-state index in [4.69, 9.17) is 21.2 Å². The minimum absolute atomic E-state index is 0.0992. The fourth-order valence-electron chi connectivity index (χ4n) is 1.55. The van der Waals surface area contributed by atoms with Gasteiger partial charge in [0.25, 0.3) is 0 Å². The largest absolute Gasteiger partial charge is 0.395 e. The lowest BCUT2D eigenvalue weighted by Crippen LogP contribution is -2.21. The van der Waals surface area contributed by atoms with Crippen molar-refractivity contribution >= 4 is 11.6 Å². The van der Waals surface area contributed by atoms with Crippen molar-refractivity contribution in [1.82, 2.24) is 15.0 Å². The van der Waals surface area contributed by atoms with Gasteiger partial charge in [-0.05, 0) is 19.2 Å². The van der Waals surface area contributed by atoms with E-state index in [9.17, 15) is 0 Å². The maximum Gasteiger partial charge on any atom is 0.241 e. The molecule has 18 heavy (non-hydrogen) atoms. The summed E-state index contributed by atoms with van der Waals surface area (Å²) < 4.78 is 5.15. The predicted octanol–water partition coefficient (Wildman–Crippen LogP) is 1.81. The summed E-state index contributed by atoms with van der Waals surface area (Å²) >= 11 is 6.06. The van der Waals surface area contributed by atoms with E-state index in [-0.39, 0.29) is 6.61 Å². The van der Waals surface area contributed by atoms with Crippen LogP contribution >= 0.6 is 11.6 Å². The van der Waals surface area contributed by atoms with E-state index in [1.807, 2.05) is 30.1 Å². The summed E-state index contributed by atoms with van der Waals surface area (Å²) in [5, 5.41) is 13.3. The molecule has 0 unspecified atom stereocenters. The molecule has 0 bridgehead atoms. The quantitative estimate of drug-likeness (QED) is 0.895. The van der Waals surface area contributed by atoms with Crippen molar-refractivity contribution in [3.63, 3.8) is 0 Å². The normalized spacial score (nSPS) is 11.1. The van der Waals surface area contributed by atoms with Gasteiger partial charge in [0.15, 0.2) is 0 Å². The van der Waals surface area contributed by atoms with Crippen LogP contribution in [0.4, 0.5) is 0 Å². The van der Waals surface area contributed by atoms with Crippen LogP contribution in [0, 0.1) is 0 Å². The first kappa shape index (κ1) is 13.0. The lowest BCUT2D eigenvalue weighted by Gasteiger charge is -2.10. The lowest BCUT2D eigenvalue weighted by atomic mass is 10.2. The number of likely N-dealkylation sites (N-methyl/N-ethyl adjacent to an activating group) is 1. The summed E-state index contributed by atoms with van der Waals surface area (Å²) in [5.41, 5.74) is 0.749. The summed E-state index contributed by atoms with van der Waals surface area (Å²) in [6.45, 7) is 1.16. The molecule has 0 radical (unpaired) electrons. The van der Waals surface area contributed by atoms with Crippen LogP contribution in [0.1, 0.15) is 5.89 Å². The molecule has 1 heterocycles. The zero-order valence-electron chi connectivity index (χ0n) is 10.0. The molecule has 1 aromatic carbocycles. The summed E-state index contributed by atoms with van der Waals surface area (Å²) in [6.07, 6.45) is 0. The van der Waals surface area contributed by atoms with Gasteiger partial charge in [-0.15, -0.1) is 0 Å². The molecule has 1 aromatic heterocycles. The average Bonchev–Trinajstić information content (AvgIpc) is 2.78. The Balaban J connectivity index is 2.13. The molecule has 1 N–H and O–H groups in total. The third-order valence-electron chi connectivity index (χ3n) is 2.47. The van der Waals surface area contributed by atoms with Gasteiger partial charge in [0.05, 0.1) is 18.2 Å². The average molecular weight is 268 g/mol. The SMILES string of the molecule is CN(CCO)Cc1nc(-c2ccccc2Cl)no1. The summed E-state index contributed by atoms with van der Waals surface area (Å²) in [7, 11) is 1.87. The topological polar surface area (TPSA) is 62.4 Å². The first-order valence-electron chi connectivity index (χ1n) is 5.57. The monoisotopic (exact) mass is 267 g/mol. The number of aliphatic hydroxyl groups is 1. The van der Waals surface area contributed by atoms with Gasteiger partial charge < -0.3 is 9.63 Å². The number of hydrogen-bond donors (Lipinski definition) is 1. The Bertz CT molecular complexity index is 516. The standard InChI is InChI=1S/C12H14ClN3O2/c1-16(6-7-17)8-11-14-12(15-18-11)9-4-2-3-5-10(9)13/h2-5,17H,6-8H2,1H3. The van der Waals surface area contributed by atoms with Crippen molar-refractivity contribution in [2.75, 3.05) is 20.2 Å². The first-order chi connectivity index (χ1) is 8.70. The molecule has 2 rings (SSSR count). The highest BCUT2D eigenvalue weighted by atomic mass is 35.5. The van der Waals surface area contributed by atoms with Crippen LogP contribution in [-0.4, -0.2) is 40.3 Å². The Labute approximate surface area is 110 Å². The van der Waals surface area contributed by atoms with Gasteiger partial charge in [0.1, 0.15) is 0 Å². The van der Waals surface area contributed by atoms with Crippen molar-refractivity contribution in [2.24, 2.45) is 0 Å². The van der Waals surface area contributed by atoms with E-state index in [1.54, 1.807) is 6.07 Å². The molecule has 0 amide bonds. The maximum absolute atomic E-state index is 8.81. The van der Waals surface area contributed by atoms with E-state index >= 15 is 0 Å². The molecule has 0 aliphatic heterocycles. The second-order valence-corrected chi connectivity index (χ2v) is 4.36. The molecule has 5 nitrogen and oxygen atoms in total. The lowest BCUT2D eigenvalue weighted by molar-refractivity contribution is 0.200. The molecule has 0 aliphatic rings. The van der Waals surface area contributed by atoms with Crippen LogP contribution in [0.15, 0.2) is 28.8 Å². The molecular formula is C12H14ClN3O2. The fourth-order valence-corrected chi connectivity index (χ4v) is 1.77. The molecular weight excluding hydrogens is 254 g/mol. The Kier molecular flexibility index (Phi) is 4.30. The van der Waals surface area contributed by atoms with E-state index in [0.29, 0.717) is 29.8 Å². The van der Waals surface area contributed by atoms with Crippen LogP contribution in [0.5, 0.6) is 0 Å². The van der Waals surface area contributed by atoms with Crippen LogP contribution in [0.3, 0.4) is 0 Å². The van der Waals surface area contributed by atoms with Gasteiger partial charge in [-0.25, -0.2) is 0 Å². The zero-order valence-corrected chi connectivity index (χ0v) is 10.8. The number of halogens is 1. The Morgan fingerprint density at radius 2 is 2.17 bits per heavy atom. The molecule has 2 aromatic rings. The molecule has 0 atom stereocenters. The Hall–Kier alpha value is -1.43. The third-order valence-corrected chi connectivity index (χ3v) is 2.80. The predicted molar refractivity (Wildman–Crippen MR) is 68.2 cm³/mol. The molecule has 0 saturated heterocycles. The molecule has 0 spiro atoms. The number of aromatic nitrogens is 2. The van der Waals surface area contributed by atoms with Crippen molar-refractivity contribution in [3.05, 3.63) is 35.2 Å². The van der Waals surface area contributed by atoms with E-state index < -0.39 is 0 Å². The summed E-state index contributed by atoms with van der Waals surface area (Å²) in [4.78, 5) is 6.17. The zero-order chi connectivity index (χ0) is 13.0. The van der Waals surface area contributed by atoms with Gasteiger partial charge in [0.2, 0.25) is 11.7 Å². The van der Waals surface area contributed by atoms with Crippen LogP contribution in [0.25, 0.3) is 11.4 Å². The maximum atomic E-state index is 8.81. The number of rotatable bonds is 5. The summed E-state index contributed by atoms with van der Waals surface area (Å²) in [5.74, 6) is 0.980. The van der Waals surface area contributed by atoms with Crippen LogP contribution in [0.2, 0.25) is 5.02 Å². The smallest absolute Gasteiger partial charge is 0.241 e. The van der Waals surface area contributed by atoms with Gasteiger partial charge in [-0.2, -0.15) is 4.98 Å². The third kappa shape index (κ3) is 3.07. The highest BCUT2D eigenvalue weighted by Gasteiger charge is 2.12. The fraction of sp³-hybridized carbons (Fsp3) is 0.333. The molecule has 0 saturated carbocycles. The second kappa shape index (κ2) is 5.95. The van der Waals surface area contributed by atoms with Gasteiger partial charge >= 0.3 is 0 Å². The minimum Gasteiger partial charge on any atom is -0.395 e. The highest BCUT2D eigenvalue weighted by Crippen LogP contribution is 2.24. The van der Waals surface area contributed by atoms with E-state index in [0.717, 1.165) is 5.56 Å². The number of hydrogen-bond acceptors (Lipinski definition) is 5. The Morgan fingerprint density at radius 3 is 2.89 bits per heavy atom. The van der Waals surface area contributed by atoms with Crippen molar-refractivity contribution < 1.29 is 9.63 Å². The van der Waals surface area contributed by atoms with Crippen molar-refractivity contribution in [2.45, 2.75) is 6.54 Å². The molecule has 0 aliphatic carbocycles. The van der Waals surface area contributed by atoms with Crippen molar-refractivity contribution in [1.29, 1.82) is 0 Å². The molecule has 6 heteroatoms. The van der Waals surface area contributed by atoms with Gasteiger partial charge in [-0.1, -0.05) is 28.9 Å². The minimum atomic E-state index is 0.0992. The first-order valence-corrected chi connectivity index (χ1v) is 5.95. The molecule has 0 fully saturated rings. The van der Waals surface area contributed by atoms with E-state index in [1.165, 1.54) is 0 Å². The van der Waals surface area contributed by atoms with Crippen LogP contribution in [-0.2, 0) is 6.54 Å². The Morgan fingerprint density at radius 1 is 1.39 bits per heavy atom. The number of aliphatic hydroxyl groups excluding tert-OH is 1. The number of nitrogens with zero attached hydrogens (tertiary/aromatic N) is 3. The van der Waals surface area contributed by atoms with E-state index in [2.05, 4.69) is 10.1 Å². The summed E-state index contributed by atoms with van der Waals surface area (Å²) in [6, 6.07) is 7.34. The second-order valence-electron chi connectivity index (χ2n) is 3.95. The highest BCUT2D eigenvalue weighted by molar-refractivity contribution is 6.33. The van der Waals surface area contributed by atoms with Gasteiger partial charge in [-0.3, -0.25) is 4.90 Å². The number of benzene rings is 1. The van der Waals surface area contributed by atoms with Crippen molar-refractivity contribution in [3.8, 4) is 11.4 Å². The van der Waals surface area contributed by atoms with Gasteiger partial charge in [0, 0.05) is 12.1 Å². The van der Waals surface area contributed by atoms with Crippen LogP contribution < -0.4 is 0 Å².